The molecular formula is C15H16ClN3O2. The second kappa shape index (κ2) is 5.60. The summed E-state index contributed by atoms with van der Waals surface area (Å²) < 4.78 is 5.61. The van der Waals surface area contributed by atoms with E-state index in [0.29, 0.717) is 16.2 Å². The fraction of sp³-hybridized carbons (Fsp3) is 0.333. The highest BCUT2D eigenvalue weighted by Crippen LogP contribution is 2.28. The number of ether oxygens (including phenoxy) is 1. The molecule has 0 atom stereocenters. The van der Waals surface area contributed by atoms with Crippen LogP contribution in [0.4, 0.5) is 5.69 Å². The van der Waals surface area contributed by atoms with Crippen LogP contribution in [0.1, 0.15) is 6.92 Å². The number of nitrogens with one attached hydrogen (secondary N) is 2. The summed E-state index contributed by atoms with van der Waals surface area (Å²) >= 11 is 6.13. The van der Waals surface area contributed by atoms with Crippen molar-refractivity contribution in [1.82, 2.24) is 10.3 Å². The van der Waals surface area contributed by atoms with Gasteiger partial charge >= 0.3 is 0 Å². The topological polar surface area (TPSA) is 63.2 Å². The second-order valence-corrected chi connectivity index (χ2v) is 5.79. The number of rotatable bonds is 4. The summed E-state index contributed by atoms with van der Waals surface area (Å²) in [5.41, 5.74) is 1.08. The lowest BCUT2D eigenvalue weighted by atomic mass is 10.0. The fourth-order valence-corrected chi connectivity index (χ4v) is 2.46. The van der Waals surface area contributed by atoms with Crippen molar-refractivity contribution in [2.75, 3.05) is 25.0 Å². The van der Waals surface area contributed by atoms with Crippen LogP contribution in [0.25, 0.3) is 10.9 Å². The summed E-state index contributed by atoms with van der Waals surface area (Å²) in [6.07, 6.45) is 1.67. The molecule has 110 valence electrons. The Morgan fingerprint density at radius 2 is 2.29 bits per heavy atom. The summed E-state index contributed by atoms with van der Waals surface area (Å²) in [7, 11) is 0. The molecule has 2 N–H and O–H groups in total. The van der Waals surface area contributed by atoms with E-state index < -0.39 is 0 Å². The van der Waals surface area contributed by atoms with Gasteiger partial charge in [0, 0.05) is 24.7 Å². The zero-order valence-electron chi connectivity index (χ0n) is 11.6. The Morgan fingerprint density at radius 1 is 1.48 bits per heavy atom. The minimum absolute atomic E-state index is 0.0229. The highest BCUT2D eigenvalue weighted by atomic mass is 35.5. The third-order valence-electron chi connectivity index (χ3n) is 3.54. The Kier molecular flexibility index (Phi) is 3.80. The third kappa shape index (κ3) is 3.00. The maximum atomic E-state index is 12.0. The van der Waals surface area contributed by atoms with Gasteiger partial charge in [-0.15, -0.1) is 0 Å². The molecule has 0 radical (unpaired) electrons. The molecular weight excluding hydrogens is 290 g/mol. The summed E-state index contributed by atoms with van der Waals surface area (Å²) in [4.78, 5) is 16.3. The van der Waals surface area contributed by atoms with Crippen molar-refractivity contribution in [3.63, 3.8) is 0 Å². The van der Waals surface area contributed by atoms with Crippen LogP contribution in [0.5, 0.6) is 0 Å². The highest BCUT2D eigenvalue weighted by Gasteiger charge is 2.33. The number of benzene rings is 1. The van der Waals surface area contributed by atoms with Crippen LogP contribution in [-0.2, 0) is 9.53 Å². The van der Waals surface area contributed by atoms with E-state index in [1.54, 1.807) is 18.3 Å². The van der Waals surface area contributed by atoms with Gasteiger partial charge in [-0.05, 0) is 31.2 Å². The number of hydrogen-bond acceptors (Lipinski definition) is 4. The van der Waals surface area contributed by atoms with Crippen molar-refractivity contribution in [2.24, 2.45) is 0 Å². The molecule has 2 heterocycles. The van der Waals surface area contributed by atoms with Crippen molar-refractivity contribution in [1.29, 1.82) is 0 Å². The van der Waals surface area contributed by atoms with Gasteiger partial charge in [-0.3, -0.25) is 9.78 Å². The van der Waals surface area contributed by atoms with E-state index in [4.69, 9.17) is 16.3 Å². The SMILES string of the molecule is CC1(OCC(=O)Nc2ccc(Cl)c3cccnc23)CNC1. The molecule has 0 spiro atoms. The summed E-state index contributed by atoms with van der Waals surface area (Å²) in [6, 6.07) is 7.19. The number of halogens is 1. The Balaban J connectivity index is 1.72. The molecule has 1 aromatic carbocycles. The van der Waals surface area contributed by atoms with Crippen LogP contribution in [0, 0.1) is 0 Å². The third-order valence-corrected chi connectivity index (χ3v) is 3.87. The molecule has 0 bridgehead atoms. The fourth-order valence-electron chi connectivity index (χ4n) is 2.24. The Bertz CT molecular complexity index is 686. The lowest BCUT2D eigenvalue weighted by Crippen LogP contribution is -2.59. The molecule has 0 aliphatic carbocycles. The van der Waals surface area contributed by atoms with Crippen molar-refractivity contribution < 1.29 is 9.53 Å². The standard InChI is InChI=1S/C15H16ClN3O2/c1-15(8-17-9-15)21-7-13(20)19-12-5-4-11(16)10-3-2-6-18-14(10)12/h2-6,17H,7-9H2,1H3,(H,19,20). The molecule has 1 fully saturated rings. The van der Waals surface area contributed by atoms with Crippen molar-refractivity contribution in [3.05, 3.63) is 35.5 Å². The van der Waals surface area contributed by atoms with Crippen LogP contribution < -0.4 is 10.6 Å². The monoisotopic (exact) mass is 305 g/mol. The number of carbonyl (C=O) groups is 1. The number of nitrogens with zero attached hydrogens (tertiary/aromatic N) is 1. The van der Waals surface area contributed by atoms with E-state index in [2.05, 4.69) is 15.6 Å². The first-order valence-corrected chi connectivity index (χ1v) is 7.13. The Hall–Kier alpha value is -1.69. The normalized spacial score (nSPS) is 16.5. The van der Waals surface area contributed by atoms with Crippen LogP contribution >= 0.6 is 11.6 Å². The quantitative estimate of drug-likeness (QED) is 0.909. The average molecular weight is 306 g/mol. The number of hydrogen-bond donors (Lipinski definition) is 2. The second-order valence-electron chi connectivity index (χ2n) is 5.38. The maximum Gasteiger partial charge on any atom is 0.250 e. The van der Waals surface area contributed by atoms with Gasteiger partial charge in [-0.1, -0.05) is 11.6 Å². The average Bonchev–Trinajstić information content (AvgIpc) is 2.46. The Morgan fingerprint density at radius 3 is 3.00 bits per heavy atom. The number of carbonyl (C=O) groups excluding carboxylic acids is 1. The van der Waals surface area contributed by atoms with E-state index in [-0.39, 0.29) is 18.1 Å². The van der Waals surface area contributed by atoms with E-state index >= 15 is 0 Å². The van der Waals surface area contributed by atoms with Gasteiger partial charge in [0.25, 0.3) is 0 Å². The van der Waals surface area contributed by atoms with Gasteiger partial charge in [-0.2, -0.15) is 0 Å². The van der Waals surface area contributed by atoms with Crippen LogP contribution in [0.3, 0.4) is 0 Å². The van der Waals surface area contributed by atoms with E-state index in [1.165, 1.54) is 0 Å². The molecule has 1 aliphatic heterocycles. The number of fused-ring (bicyclic) bond motifs is 1. The molecule has 1 aromatic heterocycles. The molecule has 1 saturated heterocycles. The van der Waals surface area contributed by atoms with Gasteiger partial charge in [0.15, 0.2) is 0 Å². The van der Waals surface area contributed by atoms with Crippen LogP contribution in [0.2, 0.25) is 5.02 Å². The molecule has 0 saturated carbocycles. The van der Waals surface area contributed by atoms with Crippen LogP contribution in [-0.4, -0.2) is 36.2 Å². The minimum Gasteiger partial charge on any atom is -0.363 e. The van der Waals surface area contributed by atoms with E-state index in [9.17, 15) is 4.79 Å². The molecule has 5 nitrogen and oxygen atoms in total. The van der Waals surface area contributed by atoms with Crippen molar-refractivity contribution in [3.8, 4) is 0 Å². The summed E-state index contributed by atoms with van der Waals surface area (Å²) in [5.74, 6) is -0.197. The minimum atomic E-state index is -0.238. The van der Waals surface area contributed by atoms with Crippen LogP contribution in [0.15, 0.2) is 30.5 Å². The van der Waals surface area contributed by atoms with Crippen molar-refractivity contribution >= 4 is 34.1 Å². The van der Waals surface area contributed by atoms with Gasteiger partial charge in [-0.25, -0.2) is 0 Å². The molecule has 21 heavy (non-hydrogen) atoms. The molecule has 3 rings (SSSR count). The van der Waals surface area contributed by atoms with Gasteiger partial charge < -0.3 is 15.4 Å². The number of aromatic nitrogens is 1. The lowest BCUT2D eigenvalue weighted by molar-refractivity contribution is -0.130. The highest BCUT2D eigenvalue weighted by molar-refractivity contribution is 6.35. The smallest absolute Gasteiger partial charge is 0.250 e. The summed E-state index contributed by atoms with van der Waals surface area (Å²) in [6.45, 7) is 3.54. The van der Waals surface area contributed by atoms with Gasteiger partial charge in [0.2, 0.25) is 5.91 Å². The van der Waals surface area contributed by atoms with E-state index in [1.807, 2.05) is 19.1 Å². The zero-order valence-corrected chi connectivity index (χ0v) is 12.4. The first-order chi connectivity index (χ1) is 10.1. The summed E-state index contributed by atoms with van der Waals surface area (Å²) in [5, 5.41) is 7.38. The number of pyridine rings is 1. The zero-order chi connectivity index (χ0) is 14.9. The van der Waals surface area contributed by atoms with E-state index in [0.717, 1.165) is 18.5 Å². The molecule has 6 heteroatoms. The number of amides is 1. The predicted octanol–water partition coefficient (Wildman–Crippen LogP) is 2.21. The maximum absolute atomic E-state index is 12.0. The molecule has 2 aromatic rings. The first-order valence-electron chi connectivity index (χ1n) is 6.75. The molecule has 0 unspecified atom stereocenters. The number of anilines is 1. The van der Waals surface area contributed by atoms with Crippen molar-refractivity contribution in [2.45, 2.75) is 12.5 Å². The van der Waals surface area contributed by atoms with Gasteiger partial charge in [0.05, 0.1) is 21.8 Å². The predicted molar refractivity (Wildman–Crippen MR) is 82.6 cm³/mol. The molecule has 1 amide bonds. The largest absolute Gasteiger partial charge is 0.363 e. The molecule has 1 aliphatic rings. The first kappa shape index (κ1) is 14.3. The Labute approximate surface area is 127 Å². The lowest BCUT2D eigenvalue weighted by Gasteiger charge is -2.38. The van der Waals surface area contributed by atoms with Gasteiger partial charge in [0.1, 0.15) is 6.61 Å².